The zero-order valence-corrected chi connectivity index (χ0v) is 13.6. The van der Waals surface area contributed by atoms with Crippen LogP contribution in [0.4, 0.5) is 5.82 Å². The fourth-order valence-corrected chi connectivity index (χ4v) is 2.90. The fourth-order valence-electron chi connectivity index (χ4n) is 2.09. The normalized spacial score (nSPS) is 10.7. The van der Waals surface area contributed by atoms with Crippen molar-refractivity contribution in [2.75, 3.05) is 12.3 Å². The van der Waals surface area contributed by atoms with Gasteiger partial charge >= 0.3 is 5.97 Å². The molecule has 0 fully saturated rings. The summed E-state index contributed by atoms with van der Waals surface area (Å²) in [4.78, 5) is 16.3. The zero-order chi connectivity index (χ0) is 16.4. The first-order chi connectivity index (χ1) is 11.1. The van der Waals surface area contributed by atoms with Gasteiger partial charge in [0.1, 0.15) is 11.4 Å². The van der Waals surface area contributed by atoms with Crippen LogP contribution in [-0.2, 0) is 4.74 Å². The monoisotopic (exact) mass is 328 g/mol. The van der Waals surface area contributed by atoms with Crippen molar-refractivity contribution in [3.8, 4) is 16.4 Å². The Morgan fingerprint density at radius 2 is 2.09 bits per heavy atom. The van der Waals surface area contributed by atoms with Crippen molar-refractivity contribution in [1.29, 1.82) is 0 Å². The van der Waals surface area contributed by atoms with E-state index < -0.39 is 5.97 Å². The van der Waals surface area contributed by atoms with Gasteiger partial charge in [-0.1, -0.05) is 29.8 Å². The van der Waals surface area contributed by atoms with Crippen molar-refractivity contribution < 1.29 is 9.53 Å². The molecule has 0 unspecified atom stereocenters. The van der Waals surface area contributed by atoms with E-state index in [0.29, 0.717) is 5.13 Å². The number of hydrogen-bond acceptors (Lipinski definition) is 6. The van der Waals surface area contributed by atoms with Gasteiger partial charge in [-0.25, -0.2) is 9.78 Å². The predicted octanol–water partition coefficient (Wildman–Crippen LogP) is 3.06. The summed E-state index contributed by atoms with van der Waals surface area (Å²) in [5, 5.41) is 6.69. The number of carbonyl (C=O) groups is 1. The summed E-state index contributed by atoms with van der Waals surface area (Å²) in [7, 11) is 0. The van der Waals surface area contributed by atoms with Gasteiger partial charge in [0.05, 0.1) is 18.5 Å². The molecule has 0 aliphatic rings. The summed E-state index contributed by atoms with van der Waals surface area (Å²) in [5.41, 5.74) is 9.31. The molecule has 0 bridgehead atoms. The minimum Gasteiger partial charge on any atom is -0.462 e. The van der Waals surface area contributed by atoms with E-state index in [9.17, 15) is 4.79 Å². The summed E-state index contributed by atoms with van der Waals surface area (Å²) >= 11 is 1.41. The Kier molecular flexibility index (Phi) is 4.12. The molecule has 0 radical (unpaired) electrons. The number of esters is 1. The molecule has 118 valence electrons. The van der Waals surface area contributed by atoms with Gasteiger partial charge in [0, 0.05) is 10.9 Å². The fraction of sp³-hybridized carbons (Fsp3) is 0.188. The van der Waals surface area contributed by atoms with Crippen molar-refractivity contribution in [3.05, 3.63) is 47.0 Å². The Morgan fingerprint density at radius 1 is 1.35 bits per heavy atom. The molecule has 0 amide bonds. The molecule has 0 saturated carbocycles. The molecule has 2 heterocycles. The van der Waals surface area contributed by atoms with Crippen molar-refractivity contribution >= 4 is 23.1 Å². The van der Waals surface area contributed by atoms with E-state index in [1.54, 1.807) is 6.92 Å². The number of benzene rings is 1. The Labute approximate surface area is 137 Å². The van der Waals surface area contributed by atoms with Gasteiger partial charge in [-0.15, -0.1) is 11.3 Å². The second-order valence-corrected chi connectivity index (χ2v) is 5.79. The maximum atomic E-state index is 11.8. The van der Waals surface area contributed by atoms with Gasteiger partial charge in [-0.2, -0.15) is 9.78 Å². The molecule has 0 aliphatic carbocycles. The average Bonchev–Trinajstić information content (AvgIpc) is 3.15. The van der Waals surface area contributed by atoms with E-state index in [1.807, 2.05) is 36.6 Å². The maximum absolute atomic E-state index is 11.8. The first-order valence-corrected chi connectivity index (χ1v) is 8.01. The van der Waals surface area contributed by atoms with Crippen LogP contribution in [-0.4, -0.2) is 27.3 Å². The molecule has 6 nitrogen and oxygen atoms in total. The van der Waals surface area contributed by atoms with Crippen molar-refractivity contribution in [2.24, 2.45) is 0 Å². The van der Waals surface area contributed by atoms with Crippen molar-refractivity contribution in [3.63, 3.8) is 0 Å². The smallest absolute Gasteiger partial charge is 0.343 e. The van der Waals surface area contributed by atoms with Crippen LogP contribution in [0.25, 0.3) is 16.4 Å². The molecular weight excluding hydrogens is 312 g/mol. The summed E-state index contributed by atoms with van der Waals surface area (Å²) < 4.78 is 6.41. The Morgan fingerprint density at radius 3 is 2.78 bits per heavy atom. The van der Waals surface area contributed by atoms with Gasteiger partial charge in [0.2, 0.25) is 5.13 Å². The first kappa shape index (κ1) is 15.2. The van der Waals surface area contributed by atoms with Crippen molar-refractivity contribution in [1.82, 2.24) is 14.8 Å². The first-order valence-electron chi connectivity index (χ1n) is 7.13. The molecule has 2 N–H and O–H groups in total. The second-order valence-electron chi connectivity index (χ2n) is 4.96. The van der Waals surface area contributed by atoms with E-state index >= 15 is 0 Å². The molecule has 1 aromatic carbocycles. The Bertz CT molecular complexity index is 836. The number of rotatable bonds is 4. The molecular formula is C16H16N4O2S. The summed E-state index contributed by atoms with van der Waals surface area (Å²) in [6.07, 6.45) is 1.40. The highest BCUT2D eigenvalue weighted by atomic mass is 32.1. The summed E-state index contributed by atoms with van der Waals surface area (Å²) in [6.45, 7) is 4.07. The van der Waals surface area contributed by atoms with Crippen LogP contribution >= 0.6 is 11.3 Å². The zero-order valence-electron chi connectivity index (χ0n) is 12.8. The van der Waals surface area contributed by atoms with Gasteiger partial charge in [0.15, 0.2) is 0 Å². The highest BCUT2D eigenvalue weighted by Gasteiger charge is 2.18. The van der Waals surface area contributed by atoms with Crippen LogP contribution in [0.15, 0.2) is 35.8 Å². The number of nitrogen functional groups attached to an aromatic ring is 1. The van der Waals surface area contributed by atoms with Gasteiger partial charge in [-0.05, 0) is 13.8 Å². The molecule has 3 aromatic rings. The van der Waals surface area contributed by atoms with Gasteiger partial charge in [-0.3, -0.25) is 0 Å². The van der Waals surface area contributed by atoms with E-state index in [-0.39, 0.29) is 18.0 Å². The maximum Gasteiger partial charge on any atom is 0.343 e. The van der Waals surface area contributed by atoms with Gasteiger partial charge < -0.3 is 10.5 Å². The third-order valence-corrected chi connectivity index (χ3v) is 4.14. The van der Waals surface area contributed by atoms with Crippen molar-refractivity contribution in [2.45, 2.75) is 13.8 Å². The van der Waals surface area contributed by atoms with Crippen LogP contribution in [0.5, 0.6) is 0 Å². The minimum absolute atomic E-state index is 0.230. The highest BCUT2D eigenvalue weighted by Crippen LogP contribution is 2.26. The lowest BCUT2D eigenvalue weighted by atomic mass is 10.1. The van der Waals surface area contributed by atoms with Crippen LogP contribution in [0.1, 0.15) is 22.8 Å². The van der Waals surface area contributed by atoms with E-state index in [0.717, 1.165) is 11.3 Å². The van der Waals surface area contributed by atoms with E-state index in [1.165, 1.54) is 27.8 Å². The molecule has 3 rings (SSSR count). The van der Waals surface area contributed by atoms with E-state index in [4.69, 9.17) is 10.5 Å². The second kappa shape index (κ2) is 6.21. The standard InChI is InChI=1S/C16H16N4O2S/c1-3-22-15(21)12-8-18-20(14(12)17)16-19-13(9-23-16)11-6-4-10(2)5-7-11/h4-9H,3,17H2,1-2H3. The summed E-state index contributed by atoms with van der Waals surface area (Å²) in [5.74, 6) is -0.250. The Hall–Kier alpha value is -2.67. The summed E-state index contributed by atoms with van der Waals surface area (Å²) in [6, 6.07) is 8.11. The number of ether oxygens (including phenoxy) is 1. The number of hydrogen-bond donors (Lipinski definition) is 1. The number of anilines is 1. The van der Waals surface area contributed by atoms with Crippen LogP contribution < -0.4 is 5.73 Å². The topological polar surface area (TPSA) is 83.0 Å². The van der Waals surface area contributed by atoms with Crippen LogP contribution in [0.2, 0.25) is 0 Å². The number of aryl methyl sites for hydroxylation is 1. The van der Waals surface area contributed by atoms with Crippen LogP contribution in [0.3, 0.4) is 0 Å². The third-order valence-electron chi connectivity index (χ3n) is 3.32. The number of aromatic nitrogens is 3. The molecule has 0 atom stereocenters. The quantitative estimate of drug-likeness (QED) is 0.744. The minimum atomic E-state index is -0.480. The number of carbonyl (C=O) groups excluding carboxylic acids is 1. The predicted molar refractivity (Wildman–Crippen MR) is 89.8 cm³/mol. The number of nitrogens with two attached hydrogens (primary N) is 1. The van der Waals surface area contributed by atoms with Gasteiger partial charge in [0.25, 0.3) is 0 Å². The molecule has 0 spiro atoms. The Balaban J connectivity index is 1.92. The lowest BCUT2D eigenvalue weighted by Crippen LogP contribution is -2.08. The number of thiazole rings is 1. The molecule has 0 aliphatic heterocycles. The lowest BCUT2D eigenvalue weighted by Gasteiger charge is -2.02. The average molecular weight is 328 g/mol. The molecule has 0 saturated heterocycles. The largest absolute Gasteiger partial charge is 0.462 e. The molecule has 2 aromatic heterocycles. The SMILES string of the molecule is CCOC(=O)c1cnn(-c2nc(-c3ccc(C)cc3)cs2)c1N. The third kappa shape index (κ3) is 2.95. The molecule has 23 heavy (non-hydrogen) atoms. The number of nitrogens with zero attached hydrogens (tertiary/aromatic N) is 3. The van der Waals surface area contributed by atoms with E-state index in [2.05, 4.69) is 10.1 Å². The van der Waals surface area contributed by atoms with Crippen LogP contribution in [0, 0.1) is 6.92 Å². The lowest BCUT2D eigenvalue weighted by molar-refractivity contribution is 0.0527. The highest BCUT2D eigenvalue weighted by molar-refractivity contribution is 7.12. The molecule has 7 heteroatoms.